The third-order valence-electron chi connectivity index (χ3n) is 7.89. The molecule has 2 amide bonds. The van der Waals surface area contributed by atoms with Gasteiger partial charge in [-0.3, -0.25) is 19.3 Å². The minimum atomic E-state index is -4.74. The van der Waals surface area contributed by atoms with Crippen molar-refractivity contribution in [3.05, 3.63) is 69.5 Å². The summed E-state index contributed by atoms with van der Waals surface area (Å²) >= 11 is 0. The van der Waals surface area contributed by atoms with Gasteiger partial charge >= 0.3 is 12.2 Å². The number of aryl methyl sites for hydroxylation is 1. The van der Waals surface area contributed by atoms with Gasteiger partial charge in [0.1, 0.15) is 33.1 Å². The molecule has 1 aliphatic rings. The highest BCUT2D eigenvalue weighted by Crippen LogP contribution is 2.47. The summed E-state index contributed by atoms with van der Waals surface area (Å²) in [5, 5.41) is 9.98. The average molecular weight is 728 g/mol. The molecule has 14 nitrogen and oxygen atoms in total. The number of imide groups is 1. The number of non-ortho nitro benzene ring substituents is 1. The van der Waals surface area contributed by atoms with E-state index >= 15 is 4.39 Å². The maximum absolute atomic E-state index is 15.5. The number of amidine groups is 1. The van der Waals surface area contributed by atoms with Crippen molar-refractivity contribution in [2.45, 2.75) is 107 Å². The van der Waals surface area contributed by atoms with Crippen molar-refractivity contribution < 1.29 is 49.4 Å². The second-order valence-electron chi connectivity index (χ2n) is 14.1. The lowest BCUT2D eigenvalue weighted by molar-refractivity contribution is -0.385. The van der Waals surface area contributed by atoms with Crippen molar-refractivity contribution in [3.63, 3.8) is 0 Å². The van der Waals surface area contributed by atoms with E-state index in [1.807, 2.05) is 0 Å². The van der Waals surface area contributed by atoms with Gasteiger partial charge in [-0.15, -0.1) is 0 Å². The number of carbonyl (C=O) groups is 2. The molecule has 1 heterocycles. The molecule has 0 spiro atoms. The zero-order chi connectivity index (χ0) is 37.5. The molecule has 3 rings (SSSR count). The number of ether oxygens (including phenoxy) is 2. The Morgan fingerprint density at radius 2 is 1.51 bits per heavy atom. The molecule has 0 radical (unpaired) electrons. The lowest BCUT2D eigenvalue weighted by atomic mass is 9.87. The number of nitrogens with zero attached hydrogens (tertiary/aromatic N) is 3. The van der Waals surface area contributed by atoms with Crippen molar-refractivity contribution in [2.75, 3.05) is 6.61 Å². The second kappa shape index (κ2) is 13.4. The molecule has 0 bridgehead atoms. The third kappa shape index (κ3) is 8.27. The first kappa shape index (κ1) is 39.5. The number of aliphatic imine (C=N–C) groups is 1. The Labute approximate surface area is 285 Å². The lowest BCUT2D eigenvalue weighted by Gasteiger charge is -2.46. The van der Waals surface area contributed by atoms with Gasteiger partial charge in [0.25, 0.3) is 15.8 Å². The lowest BCUT2D eigenvalue weighted by Crippen LogP contribution is -2.65. The van der Waals surface area contributed by atoms with Crippen molar-refractivity contribution in [1.29, 1.82) is 0 Å². The molecule has 3 atom stereocenters. The van der Waals surface area contributed by atoms with E-state index in [1.165, 1.54) is 67.5 Å². The predicted molar refractivity (Wildman–Crippen MR) is 178 cm³/mol. The van der Waals surface area contributed by atoms with Crippen LogP contribution in [-0.4, -0.2) is 72.5 Å². The van der Waals surface area contributed by atoms with Crippen molar-refractivity contribution in [3.8, 4) is 0 Å². The highest BCUT2D eigenvalue weighted by molar-refractivity contribution is 7.94. The first-order chi connectivity index (χ1) is 22.2. The fraction of sp³-hybridized carbons (Fsp3) is 0.531. The van der Waals surface area contributed by atoms with E-state index in [9.17, 15) is 36.5 Å². The van der Waals surface area contributed by atoms with E-state index in [2.05, 4.69) is 4.99 Å². The smallest absolute Gasteiger partial charge is 0.425 e. The van der Waals surface area contributed by atoms with Crippen LogP contribution in [0, 0.1) is 22.9 Å². The molecular formula is C32H42FN3O11S2. The van der Waals surface area contributed by atoms with Gasteiger partial charge in [-0.1, -0.05) is 17.7 Å². The molecule has 0 aliphatic carbocycles. The first-order valence-electron chi connectivity index (χ1n) is 15.2. The van der Waals surface area contributed by atoms with Crippen molar-refractivity contribution >= 4 is 43.7 Å². The number of nitro benzene ring substituents is 1. The molecule has 1 aliphatic heterocycles. The summed E-state index contributed by atoms with van der Waals surface area (Å²) < 4.78 is 84.7. The number of carbonyl (C=O) groups excluding carboxylic acids is 2. The largest absolute Gasteiger partial charge is 0.443 e. The molecule has 270 valence electrons. The van der Waals surface area contributed by atoms with Crippen LogP contribution < -0.4 is 0 Å². The number of nitro groups is 1. The van der Waals surface area contributed by atoms with Crippen LogP contribution in [-0.2, 0) is 39.2 Å². The summed E-state index contributed by atoms with van der Waals surface area (Å²) in [7, 11) is -9.15. The third-order valence-corrected chi connectivity index (χ3v) is 12.3. The van der Waals surface area contributed by atoms with Crippen molar-refractivity contribution in [2.24, 2.45) is 4.99 Å². The molecular weight excluding hydrogens is 685 g/mol. The normalized spacial score (nSPS) is 22.5. The maximum atomic E-state index is 15.5. The first-order valence-corrected chi connectivity index (χ1v) is 18.1. The number of hydrogen-bond donors (Lipinski definition) is 0. The Hall–Kier alpha value is -3.96. The van der Waals surface area contributed by atoms with Crippen LogP contribution in [0.15, 0.2) is 52.4 Å². The minimum absolute atomic E-state index is 0.199. The van der Waals surface area contributed by atoms with Gasteiger partial charge in [0, 0.05) is 17.7 Å². The van der Waals surface area contributed by atoms with E-state index in [0.29, 0.717) is 0 Å². The van der Waals surface area contributed by atoms with Crippen LogP contribution in [0.5, 0.6) is 0 Å². The Kier molecular flexibility index (Phi) is 10.8. The highest BCUT2D eigenvalue weighted by Gasteiger charge is 2.61. The molecule has 0 saturated carbocycles. The van der Waals surface area contributed by atoms with Crippen LogP contribution in [0.4, 0.5) is 19.7 Å². The number of hydrogen-bond acceptors (Lipinski definition) is 12. The van der Waals surface area contributed by atoms with Gasteiger partial charge in [-0.25, -0.2) is 22.4 Å². The second-order valence-corrected chi connectivity index (χ2v) is 18.4. The molecule has 2 aromatic rings. The quantitative estimate of drug-likeness (QED) is 0.179. The summed E-state index contributed by atoms with van der Waals surface area (Å²) in [6, 6.07) is 8.21. The van der Waals surface area contributed by atoms with E-state index in [-0.39, 0.29) is 9.80 Å². The maximum Gasteiger partial charge on any atom is 0.425 e. The van der Waals surface area contributed by atoms with Crippen LogP contribution >= 0.6 is 0 Å². The summed E-state index contributed by atoms with van der Waals surface area (Å²) in [5.74, 6) is -1.84. The minimum Gasteiger partial charge on any atom is -0.443 e. The summed E-state index contributed by atoms with van der Waals surface area (Å²) in [5.41, 5.74) is -4.93. The summed E-state index contributed by atoms with van der Waals surface area (Å²) in [6.45, 7) is 13.4. The fourth-order valence-electron chi connectivity index (χ4n) is 5.06. The van der Waals surface area contributed by atoms with Gasteiger partial charge in [-0.2, -0.15) is 13.3 Å². The van der Waals surface area contributed by atoms with E-state index in [4.69, 9.17) is 13.7 Å². The average Bonchev–Trinajstić information content (AvgIpc) is 2.93. The number of sulfone groups is 1. The standard InChI is InChI=1S/C32H42FN3O11S2/c1-20-11-14-23(15-12-20)49(43,44)45-18-17-31(9)26(35(27(37)46-29(3,4)5)28(38)47-30(6,7)8)34-32(10,21(2)48(31,41)42)24-19-22(36(39)40)13-16-25(24)33/h11-16,19,21H,17-18H2,1-10H3/t21?,31?,32-/m0/s1. The van der Waals surface area contributed by atoms with Crippen LogP contribution in [0.2, 0.25) is 0 Å². The van der Waals surface area contributed by atoms with Gasteiger partial charge < -0.3 is 9.47 Å². The number of halogens is 1. The Balaban J connectivity index is 2.34. The zero-order valence-corrected chi connectivity index (χ0v) is 30.7. The molecule has 0 fully saturated rings. The molecule has 0 N–H and O–H groups in total. The van der Waals surface area contributed by atoms with E-state index in [0.717, 1.165) is 30.7 Å². The van der Waals surface area contributed by atoms with Crippen LogP contribution in [0.25, 0.3) is 0 Å². The fourth-order valence-corrected chi connectivity index (χ4v) is 8.30. The zero-order valence-electron chi connectivity index (χ0n) is 29.1. The molecule has 0 aromatic heterocycles. The van der Waals surface area contributed by atoms with Gasteiger partial charge in [0.15, 0.2) is 9.84 Å². The molecule has 17 heteroatoms. The molecule has 2 unspecified atom stereocenters. The highest BCUT2D eigenvalue weighted by atomic mass is 32.2. The van der Waals surface area contributed by atoms with Crippen LogP contribution in [0.1, 0.15) is 79.9 Å². The Morgan fingerprint density at radius 1 is 1.00 bits per heavy atom. The van der Waals surface area contributed by atoms with E-state index in [1.54, 1.807) is 19.1 Å². The summed E-state index contributed by atoms with van der Waals surface area (Å²) in [6.07, 6.45) is -3.47. The van der Waals surface area contributed by atoms with Crippen LogP contribution in [0.3, 0.4) is 0 Å². The number of rotatable bonds is 7. The van der Waals surface area contributed by atoms with E-state index < -0.39 is 99.7 Å². The van der Waals surface area contributed by atoms with Gasteiger partial charge in [-0.05, 0) is 93.9 Å². The molecule has 49 heavy (non-hydrogen) atoms. The summed E-state index contributed by atoms with van der Waals surface area (Å²) in [4.78, 5) is 43.1. The van der Waals surface area contributed by atoms with Gasteiger partial charge in [0.2, 0.25) is 0 Å². The predicted octanol–water partition coefficient (Wildman–Crippen LogP) is 6.20. The number of benzene rings is 2. The Bertz CT molecular complexity index is 1860. The SMILES string of the molecule is Cc1ccc(S(=O)(=O)OCCC2(C)C(N(C(=O)OC(C)(C)C)C(=O)OC(C)(C)C)=N[C@](C)(c3cc([N+](=O)[O-])ccc3F)C(C)S2(=O)=O)cc1. The number of amides is 2. The molecule has 0 saturated heterocycles. The van der Waals surface area contributed by atoms with Gasteiger partial charge in [0.05, 0.1) is 21.7 Å². The topological polar surface area (TPSA) is 189 Å². The Morgan fingerprint density at radius 3 is 1.98 bits per heavy atom. The van der Waals surface area contributed by atoms with Crippen molar-refractivity contribution in [1.82, 2.24) is 4.90 Å². The monoisotopic (exact) mass is 727 g/mol. The molecule has 2 aromatic carbocycles.